The van der Waals surface area contributed by atoms with Gasteiger partial charge in [-0.1, -0.05) is 19.9 Å². The van der Waals surface area contributed by atoms with E-state index in [4.69, 9.17) is 19.9 Å². The van der Waals surface area contributed by atoms with E-state index in [-0.39, 0.29) is 6.10 Å². The lowest BCUT2D eigenvalue weighted by molar-refractivity contribution is -0.166. The maximum Gasteiger partial charge on any atom is 0.335 e. The zero-order chi connectivity index (χ0) is 23.1. The molecule has 0 bridgehead atoms. The summed E-state index contributed by atoms with van der Waals surface area (Å²) in [5, 5.41) is 30.4. The third kappa shape index (κ3) is 6.50. The highest BCUT2D eigenvalue weighted by Crippen LogP contribution is 2.27. The fourth-order valence-corrected chi connectivity index (χ4v) is 3.20. The van der Waals surface area contributed by atoms with Crippen LogP contribution in [0.4, 0.5) is 0 Å². The number of allylic oxidation sites excluding steroid dienone is 1. The van der Waals surface area contributed by atoms with Gasteiger partial charge in [-0.15, -0.1) is 0 Å². The molecule has 1 fully saturated rings. The van der Waals surface area contributed by atoms with Crippen LogP contribution < -0.4 is 5.73 Å². The van der Waals surface area contributed by atoms with Crippen molar-refractivity contribution in [3.05, 3.63) is 24.0 Å². The molecular weight excluding hydrogens is 412 g/mol. The molecule has 5 N–H and O–H groups in total. The number of ether oxygens (including phenoxy) is 3. The minimum Gasteiger partial charge on any atom is -0.462 e. The van der Waals surface area contributed by atoms with Crippen molar-refractivity contribution in [2.24, 2.45) is 5.73 Å². The first-order valence-corrected chi connectivity index (χ1v) is 10.2. The summed E-state index contributed by atoms with van der Waals surface area (Å²) in [7, 11) is 0. The van der Waals surface area contributed by atoms with Gasteiger partial charge in [-0.3, -0.25) is 9.59 Å². The number of amides is 1. The van der Waals surface area contributed by atoms with Crippen molar-refractivity contribution in [3.8, 4) is 0 Å². The van der Waals surface area contributed by atoms with Gasteiger partial charge in [-0.05, 0) is 19.3 Å². The number of nitrogens with zero attached hydrogens (tertiary/aromatic N) is 1. The Kier molecular flexibility index (Phi) is 8.99. The largest absolute Gasteiger partial charge is 0.462 e. The van der Waals surface area contributed by atoms with Crippen molar-refractivity contribution in [3.63, 3.8) is 0 Å². The van der Waals surface area contributed by atoms with Crippen LogP contribution in [0, 0.1) is 0 Å². The zero-order valence-electron chi connectivity index (χ0n) is 17.5. The van der Waals surface area contributed by atoms with E-state index in [0.717, 1.165) is 0 Å². The smallest absolute Gasteiger partial charge is 0.335 e. The summed E-state index contributed by atoms with van der Waals surface area (Å²) in [6.07, 6.45) is -1.28. The lowest BCUT2D eigenvalue weighted by Crippen LogP contribution is -2.40. The van der Waals surface area contributed by atoms with Gasteiger partial charge in [-0.25, -0.2) is 4.79 Å². The highest BCUT2D eigenvalue weighted by atomic mass is 16.6. The van der Waals surface area contributed by atoms with Crippen molar-refractivity contribution in [1.82, 2.24) is 4.90 Å². The molecule has 0 aromatic rings. The van der Waals surface area contributed by atoms with Crippen LogP contribution in [0.2, 0.25) is 0 Å². The normalized spacial score (nSPS) is 26.5. The number of rotatable bonds is 10. The summed E-state index contributed by atoms with van der Waals surface area (Å²) in [5.74, 6) is -2.42. The van der Waals surface area contributed by atoms with Crippen molar-refractivity contribution in [2.75, 3.05) is 6.61 Å². The van der Waals surface area contributed by atoms with Crippen molar-refractivity contribution >= 4 is 17.8 Å². The molecule has 0 aromatic carbocycles. The Labute approximate surface area is 180 Å². The van der Waals surface area contributed by atoms with Gasteiger partial charge in [0.1, 0.15) is 31.0 Å². The fourth-order valence-electron chi connectivity index (χ4n) is 3.20. The van der Waals surface area contributed by atoms with Gasteiger partial charge >= 0.3 is 11.9 Å². The maximum absolute atomic E-state index is 12.0. The Morgan fingerprint density at radius 2 is 1.94 bits per heavy atom. The molecule has 1 saturated heterocycles. The van der Waals surface area contributed by atoms with Crippen molar-refractivity contribution in [2.45, 2.75) is 76.3 Å². The second-order valence-corrected chi connectivity index (χ2v) is 7.38. The summed E-state index contributed by atoms with van der Waals surface area (Å²) in [4.78, 5) is 36.5. The molecule has 0 radical (unpaired) electrons. The highest BCUT2D eigenvalue weighted by molar-refractivity contribution is 5.92. The molecule has 5 atom stereocenters. The predicted octanol–water partition coefficient (Wildman–Crippen LogP) is -0.952. The van der Waals surface area contributed by atoms with Crippen LogP contribution >= 0.6 is 0 Å². The SMILES string of the molecule is CCC(CC)OC(=O)C[C@H](O)C(=O)OC[C@H]1O[C@@H](N2C=CCC(C(N)=O)=C2)[C@H](O)[C@@H]1O. The van der Waals surface area contributed by atoms with E-state index in [1.807, 2.05) is 13.8 Å². The molecule has 31 heavy (non-hydrogen) atoms. The number of carbonyl (C=O) groups is 3. The van der Waals surface area contributed by atoms with Crippen LogP contribution in [0.5, 0.6) is 0 Å². The zero-order valence-corrected chi connectivity index (χ0v) is 17.5. The molecule has 2 aliphatic heterocycles. The number of primary amides is 1. The van der Waals surface area contributed by atoms with E-state index in [2.05, 4.69) is 0 Å². The first-order chi connectivity index (χ1) is 14.7. The molecule has 1 amide bonds. The van der Waals surface area contributed by atoms with Gasteiger partial charge in [-0.2, -0.15) is 0 Å². The van der Waals surface area contributed by atoms with Crippen LogP contribution in [0.1, 0.15) is 39.5 Å². The van der Waals surface area contributed by atoms with Crippen LogP contribution in [0.25, 0.3) is 0 Å². The van der Waals surface area contributed by atoms with Gasteiger partial charge in [0, 0.05) is 18.0 Å². The minimum absolute atomic E-state index is 0.288. The molecule has 0 spiro atoms. The van der Waals surface area contributed by atoms with Gasteiger partial charge in [0.05, 0.1) is 6.42 Å². The van der Waals surface area contributed by atoms with E-state index in [1.54, 1.807) is 12.3 Å². The molecule has 0 unspecified atom stereocenters. The number of carbonyl (C=O) groups excluding carboxylic acids is 3. The second kappa shape index (κ2) is 11.2. The molecule has 11 nitrogen and oxygen atoms in total. The quantitative estimate of drug-likeness (QED) is 0.309. The Morgan fingerprint density at radius 1 is 1.26 bits per heavy atom. The Bertz CT molecular complexity index is 719. The molecule has 11 heteroatoms. The number of aliphatic hydroxyl groups is 3. The summed E-state index contributed by atoms with van der Waals surface area (Å²) in [6.45, 7) is 3.24. The third-order valence-corrected chi connectivity index (χ3v) is 5.10. The number of esters is 2. The molecular formula is C20H30N2O9. The average Bonchev–Trinajstić information content (AvgIpc) is 3.04. The van der Waals surface area contributed by atoms with E-state index in [0.29, 0.717) is 24.8 Å². The van der Waals surface area contributed by atoms with Gasteiger partial charge in [0.2, 0.25) is 5.91 Å². The first kappa shape index (κ1) is 24.8. The lowest BCUT2D eigenvalue weighted by atomic mass is 10.1. The molecule has 0 aromatic heterocycles. The van der Waals surface area contributed by atoms with Crippen LogP contribution in [-0.4, -0.2) is 81.4 Å². The highest BCUT2D eigenvalue weighted by Gasteiger charge is 2.45. The summed E-state index contributed by atoms with van der Waals surface area (Å²) >= 11 is 0. The molecule has 0 aliphatic carbocycles. The van der Waals surface area contributed by atoms with Gasteiger partial charge in [0.15, 0.2) is 12.3 Å². The number of hydrogen-bond acceptors (Lipinski definition) is 10. The number of aliphatic hydroxyl groups excluding tert-OH is 3. The van der Waals surface area contributed by atoms with E-state index in [9.17, 15) is 29.7 Å². The second-order valence-electron chi connectivity index (χ2n) is 7.38. The predicted molar refractivity (Wildman–Crippen MR) is 106 cm³/mol. The summed E-state index contributed by atoms with van der Waals surface area (Å²) < 4.78 is 15.6. The average molecular weight is 442 g/mol. The van der Waals surface area contributed by atoms with E-state index in [1.165, 1.54) is 11.1 Å². The Morgan fingerprint density at radius 3 is 2.55 bits per heavy atom. The molecule has 0 saturated carbocycles. The molecule has 2 aliphatic rings. The minimum atomic E-state index is -1.73. The van der Waals surface area contributed by atoms with E-state index >= 15 is 0 Å². The van der Waals surface area contributed by atoms with Crippen molar-refractivity contribution in [1.29, 1.82) is 0 Å². The number of hydrogen-bond donors (Lipinski definition) is 4. The summed E-state index contributed by atoms with van der Waals surface area (Å²) in [6, 6.07) is 0. The van der Waals surface area contributed by atoms with Crippen LogP contribution in [-0.2, 0) is 28.6 Å². The van der Waals surface area contributed by atoms with Gasteiger partial charge in [0.25, 0.3) is 0 Å². The Balaban J connectivity index is 1.87. The van der Waals surface area contributed by atoms with E-state index < -0.39 is 61.5 Å². The Hall–Kier alpha value is -2.47. The van der Waals surface area contributed by atoms with Crippen molar-refractivity contribution < 1.29 is 43.9 Å². The van der Waals surface area contributed by atoms with Gasteiger partial charge < -0.3 is 40.2 Å². The first-order valence-electron chi connectivity index (χ1n) is 10.2. The lowest BCUT2D eigenvalue weighted by Gasteiger charge is -2.28. The standard InChI is InChI=1S/C20H30N2O9/c1-3-12(4-2)30-15(24)8-13(23)20(28)29-10-14-16(25)17(26)19(31-14)22-7-5-6-11(9-22)18(21)27/h5,7,9,12-14,16-17,19,23,25-26H,3-4,6,8,10H2,1-2H3,(H2,21,27)/t13-,14+,16+,17+,19+/m0/s1. The third-order valence-electron chi connectivity index (χ3n) is 5.10. The maximum atomic E-state index is 12.0. The van der Waals surface area contributed by atoms with Crippen LogP contribution in [0.3, 0.4) is 0 Å². The van der Waals surface area contributed by atoms with Crippen LogP contribution in [0.15, 0.2) is 24.0 Å². The fraction of sp³-hybridized carbons (Fsp3) is 0.650. The molecule has 2 rings (SSSR count). The number of nitrogens with two attached hydrogens (primary N) is 1. The topological polar surface area (TPSA) is 169 Å². The monoisotopic (exact) mass is 442 g/mol. The molecule has 2 heterocycles. The summed E-state index contributed by atoms with van der Waals surface area (Å²) in [5.41, 5.74) is 5.57. The molecule has 174 valence electrons.